The van der Waals surface area contributed by atoms with Gasteiger partial charge in [0.2, 0.25) is 0 Å². The predicted octanol–water partition coefficient (Wildman–Crippen LogP) is 4.62. The van der Waals surface area contributed by atoms with Gasteiger partial charge in [0.05, 0.1) is 0 Å². The van der Waals surface area contributed by atoms with Crippen LogP contribution in [-0.4, -0.2) is 13.1 Å². The Bertz CT molecular complexity index is 638. The Labute approximate surface area is 145 Å². The highest BCUT2D eigenvalue weighted by molar-refractivity contribution is 6.31. The van der Waals surface area contributed by atoms with E-state index in [1.165, 1.54) is 34.4 Å². The summed E-state index contributed by atoms with van der Waals surface area (Å²) in [5.74, 6) is 0. The quantitative estimate of drug-likeness (QED) is 0.858. The van der Waals surface area contributed by atoms with Gasteiger partial charge in [0.15, 0.2) is 0 Å². The first-order valence-electron chi connectivity index (χ1n) is 8.51. The van der Waals surface area contributed by atoms with Gasteiger partial charge in [0.1, 0.15) is 0 Å². The van der Waals surface area contributed by atoms with Gasteiger partial charge in [-0.1, -0.05) is 49.7 Å². The molecule has 1 aliphatic rings. The fourth-order valence-electron chi connectivity index (χ4n) is 2.77. The van der Waals surface area contributed by atoms with Crippen molar-refractivity contribution in [3.63, 3.8) is 0 Å². The lowest BCUT2D eigenvalue weighted by Gasteiger charge is -2.04. The SMILES string of the molecule is CCc1ccc(Cl)c(CCN)c1.CCc1ccc2c(c1)CCN2. The largest absolute Gasteiger partial charge is 0.384 e. The fourth-order valence-corrected chi connectivity index (χ4v) is 2.99. The summed E-state index contributed by atoms with van der Waals surface area (Å²) < 4.78 is 0. The maximum absolute atomic E-state index is 5.98. The molecule has 3 heteroatoms. The topological polar surface area (TPSA) is 38.0 Å². The Kier molecular flexibility index (Phi) is 6.94. The summed E-state index contributed by atoms with van der Waals surface area (Å²) in [4.78, 5) is 0. The van der Waals surface area contributed by atoms with Gasteiger partial charge in [0.25, 0.3) is 0 Å². The third-order valence-electron chi connectivity index (χ3n) is 4.22. The third-order valence-corrected chi connectivity index (χ3v) is 4.59. The summed E-state index contributed by atoms with van der Waals surface area (Å²) in [6.07, 6.45) is 4.26. The Morgan fingerprint density at radius 3 is 2.43 bits per heavy atom. The van der Waals surface area contributed by atoms with E-state index in [0.29, 0.717) is 6.54 Å². The molecule has 23 heavy (non-hydrogen) atoms. The second-order valence-corrected chi connectivity index (χ2v) is 6.25. The predicted molar refractivity (Wildman–Crippen MR) is 102 cm³/mol. The van der Waals surface area contributed by atoms with Gasteiger partial charge in [-0.3, -0.25) is 0 Å². The number of hydrogen-bond donors (Lipinski definition) is 2. The summed E-state index contributed by atoms with van der Waals surface area (Å²) in [6, 6.07) is 12.9. The van der Waals surface area contributed by atoms with E-state index in [0.717, 1.165) is 30.8 Å². The second kappa shape index (κ2) is 8.95. The summed E-state index contributed by atoms with van der Waals surface area (Å²) in [7, 11) is 0. The average molecular weight is 331 g/mol. The molecule has 0 aromatic heterocycles. The highest BCUT2D eigenvalue weighted by Gasteiger charge is 2.08. The minimum atomic E-state index is 0.660. The molecule has 0 radical (unpaired) electrons. The molecule has 0 atom stereocenters. The first-order valence-corrected chi connectivity index (χ1v) is 8.88. The molecule has 0 spiro atoms. The number of rotatable bonds is 4. The molecule has 2 nitrogen and oxygen atoms in total. The zero-order valence-corrected chi connectivity index (χ0v) is 14.9. The standard InChI is InChI=1S/C10H14ClN.C10H13N/c1-2-8-3-4-10(11)9(7-8)5-6-12;1-2-8-3-4-10-9(7-8)5-6-11-10/h3-4,7H,2,5-6,12H2,1H3;3-4,7,11H,2,5-6H2,1H3. The first-order chi connectivity index (χ1) is 11.2. The monoisotopic (exact) mass is 330 g/mol. The van der Waals surface area contributed by atoms with Crippen LogP contribution in [0.15, 0.2) is 36.4 Å². The van der Waals surface area contributed by atoms with Crippen LogP contribution in [0.3, 0.4) is 0 Å². The molecule has 3 rings (SSSR count). The Balaban J connectivity index is 0.000000167. The lowest BCUT2D eigenvalue weighted by Crippen LogP contribution is -2.03. The number of aryl methyl sites for hydroxylation is 2. The molecule has 0 saturated heterocycles. The molecule has 0 unspecified atom stereocenters. The van der Waals surface area contributed by atoms with Crippen LogP contribution in [0, 0.1) is 0 Å². The van der Waals surface area contributed by atoms with Crippen LogP contribution in [-0.2, 0) is 25.7 Å². The van der Waals surface area contributed by atoms with Crippen molar-refractivity contribution in [2.24, 2.45) is 5.73 Å². The number of benzene rings is 2. The van der Waals surface area contributed by atoms with E-state index in [-0.39, 0.29) is 0 Å². The average Bonchev–Trinajstić information content (AvgIpc) is 3.05. The maximum atomic E-state index is 5.98. The molecule has 3 N–H and O–H groups in total. The van der Waals surface area contributed by atoms with Crippen molar-refractivity contribution in [2.45, 2.75) is 39.5 Å². The minimum absolute atomic E-state index is 0.660. The number of nitrogens with one attached hydrogen (secondary N) is 1. The van der Waals surface area contributed by atoms with Crippen molar-refractivity contribution in [1.29, 1.82) is 0 Å². The lowest BCUT2D eigenvalue weighted by atomic mass is 10.1. The van der Waals surface area contributed by atoms with Crippen LogP contribution in [0.4, 0.5) is 5.69 Å². The summed E-state index contributed by atoms with van der Waals surface area (Å²) in [5.41, 5.74) is 12.2. The Morgan fingerprint density at radius 1 is 1.04 bits per heavy atom. The Hall–Kier alpha value is -1.51. The van der Waals surface area contributed by atoms with Gasteiger partial charge >= 0.3 is 0 Å². The van der Waals surface area contributed by atoms with Crippen molar-refractivity contribution >= 4 is 17.3 Å². The van der Waals surface area contributed by atoms with E-state index in [9.17, 15) is 0 Å². The van der Waals surface area contributed by atoms with E-state index < -0.39 is 0 Å². The number of halogens is 1. The van der Waals surface area contributed by atoms with Crippen molar-refractivity contribution in [1.82, 2.24) is 0 Å². The smallest absolute Gasteiger partial charge is 0.0438 e. The van der Waals surface area contributed by atoms with Crippen LogP contribution in [0.5, 0.6) is 0 Å². The number of nitrogens with two attached hydrogens (primary N) is 1. The molecule has 2 aromatic carbocycles. The molecule has 0 aliphatic carbocycles. The van der Waals surface area contributed by atoms with Crippen molar-refractivity contribution in [3.8, 4) is 0 Å². The highest BCUT2D eigenvalue weighted by atomic mass is 35.5. The van der Waals surface area contributed by atoms with E-state index in [1.54, 1.807) is 0 Å². The fraction of sp³-hybridized carbons (Fsp3) is 0.400. The molecule has 0 amide bonds. The molecule has 124 valence electrons. The van der Waals surface area contributed by atoms with Crippen molar-refractivity contribution < 1.29 is 0 Å². The molecular formula is C20H27ClN2. The minimum Gasteiger partial charge on any atom is -0.384 e. The number of anilines is 1. The van der Waals surface area contributed by atoms with E-state index in [4.69, 9.17) is 17.3 Å². The van der Waals surface area contributed by atoms with Crippen LogP contribution in [0.25, 0.3) is 0 Å². The van der Waals surface area contributed by atoms with Gasteiger partial charge in [-0.15, -0.1) is 0 Å². The molecule has 1 heterocycles. The van der Waals surface area contributed by atoms with E-state index >= 15 is 0 Å². The zero-order valence-electron chi connectivity index (χ0n) is 14.2. The van der Waals surface area contributed by atoms with Crippen LogP contribution in [0.1, 0.15) is 36.1 Å². The lowest BCUT2D eigenvalue weighted by molar-refractivity contribution is 0.962. The molecule has 0 saturated carbocycles. The molecule has 0 fully saturated rings. The van der Waals surface area contributed by atoms with Crippen molar-refractivity contribution in [3.05, 3.63) is 63.7 Å². The van der Waals surface area contributed by atoms with Gasteiger partial charge in [-0.05, 0) is 66.6 Å². The number of hydrogen-bond acceptors (Lipinski definition) is 2. The highest BCUT2D eigenvalue weighted by Crippen LogP contribution is 2.23. The molecule has 1 aliphatic heterocycles. The van der Waals surface area contributed by atoms with Crippen LogP contribution < -0.4 is 11.1 Å². The Morgan fingerprint density at radius 2 is 1.74 bits per heavy atom. The number of fused-ring (bicyclic) bond motifs is 1. The first kappa shape index (κ1) is 17.8. The van der Waals surface area contributed by atoms with Gasteiger partial charge < -0.3 is 11.1 Å². The summed E-state index contributed by atoms with van der Waals surface area (Å²) in [5, 5.41) is 4.18. The maximum Gasteiger partial charge on any atom is 0.0438 e. The molecular weight excluding hydrogens is 304 g/mol. The van der Waals surface area contributed by atoms with E-state index in [2.05, 4.69) is 49.5 Å². The van der Waals surface area contributed by atoms with Crippen molar-refractivity contribution in [2.75, 3.05) is 18.4 Å². The van der Waals surface area contributed by atoms with E-state index in [1.807, 2.05) is 6.07 Å². The van der Waals surface area contributed by atoms with Gasteiger partial charge in [0, 0.05) is 17.3 Å². The third kappa shape index (κ3) is 4.98. The van der Waals surface area contributed by atoms with Crippen LogP contribution >= 0.6 is 11.6 Å². The summed E-state index contributed by atoms with van der Waals surface area (Å²) >= 11 is 5.98. The zero-order chi connectivity index (χ0) is 16.7. The normalized spacial score (nSPS) is 12.2. The van der Waals surface area contributed by atoms with Crippen LogP contribution in [0.2, 0.25) is 5.02 Å². The van der Waals surface area contributed by atoms with Gasteiger partial charge in [-0.2, -0.15) is 0 Å². The second-order valence-electron chi connectivity index (χ2n) is 5.84. The molecule has 0 bridgehead atoms. The molecule has 2 aromatic rings. The summed E-state index contributed by atoms with van der Waals surface area (Å²) in [6.45, 7) is 6.11. The van der Waals surface area contributed by atoms with Gasteiger partial charge in [-0.25, -0.2) is 0 Å².